The average molecular weight is 899 g/mol. The molecule has 0 saturated heterocycles. The summed E-state index contributed by atoms with van der Waals surface area (Å²) in [5.41, 5.74) is 5.18. The van der Waals surface area contributed by atoms with E-state index in [0.717, 1.165) is 22.3 Å². The number of aryl methyl sites for hydroxylation is 4. The summed E-state index contributed by atoms with van der Waals surface area (Å²) in [5, 5.41) is 3.72. The number of amides is 4. The van der Waals surface area contributed by atoms with Crippen LogP contribution in [0.1, 0.15) is 90.4 Å². The number of hydrogen-bond acceptors (Lipinski definition) is 8. The van der Waals surface area contributed by atoms with Gasteiger partial charge in [-0.15, -0.1) is 0 Å². The van der Waals surface area contributed by atoms with Crippen LogP contribution in [0.25, 0.3) is 43.1 Å². The largest absolute Gasteiger partial charge is 0.457 e. The van der Waals surface area contributed by atoms with E-state index < -0.39 is 23.6 Å². The minimum Gasteiger partial charge on any atom is -0.457 e. The maximum atomic E-state index is 14.9. The first kappa shape index (κ1) is 42.4. The second-order valence-corrected chi connectivity index (χ2v) is 17.9. The highest BCUT2D eigenvalue weighted by Gasteiger charge is 2.41. The summed E-state index contributed by atoms with van der Waals surface area (Å²) in [4.78, 5) is 62.1. The van der Waals surface area contributed by atoms with E-state index >= 15 is 0 Å². The number of nitrogens with zero attached hydrogens (tertiary/aromatic N) is 2. The molecule has 9 aromatic carbocycles. The first-order chi connectivity index (χ1) is 32.9. The van der Waals surface area contributed by atoms with Crippen LogP contribution in [0.5, 0.6) is 46.0 Å². The quantitative estimate of drug-likeness (QED) is 0.0677. The molecular weight excluding hydrogens is 853 g/mol. The summed E-state index contributed by atoms with van der Waals surface area (Å²) >= 11 is 0. The molecule has 0 atom stereocenters. The molecule has 2 aliphatic rings. The Morgan fingerprint density at radius 1 is 0.324 bits per heavy atom. The lowest BCUT2D eigenvalue weighted by molar-refractivity contribution is 0.0595. The topological polar surface area (TPSA) is 112 Å². The Kier molecular flexibility index (Phi) is 10.1. The summed E-state index contributed by atoms with van der Waals surface area (Å²) < 4.78 is 27.9. The molecule has 0 saturated carbocycles. The number of carbonyl (C=O) groups excluding carboxylic acids is 4. The van der Waals surface area contributed by atoms with E-state index in [1.54, 1.807) is 24.3 Å². The van der Waals surface area contributed by atoms with Gasteiger partial charge in [0.05, 0.1) is 22.3 Å². The molecule has 0 unspecified atom stereocenters. The fourth-order valence-electron chi connectivity index (χ4n) is 9.72. The van der Waals surface area contributed by atoms with Gasteiger partial charge < -0.3 is 18.9 Å². The smallest absolute Gasteiger partial charge is 0.261 e. The van der Waals surface area contributed by atoms with Crippen molar-refractivity contribution in [3.63, 3.8) is 0 Å². The lowest BCUT2D eigenvalue weighted by Gasteiger charge is -2.32. The maximum Gasteiger partial charge on any atom is 0.261 e. The van der Waals surface area contributed by atoms with Gasteiger partial charge in [0.1, 0.15) is 46.0 Å². The van der Waals surface area contributed by atoms with Crippen molar-refractivity contribution >= 4 is 66.7 Å². The van der Waals surface area contributed by atoms with Crippen molar-refractivity contribution in [1.82, 2.24) is 9.80 Å². The van der Waals surface area contributed by atoms with Gasteiger partial charge >= 0.3 is 0 Å². The van der Waals surface area contributed by atoms with E-state index in [-0.39, 0.29) is 58.3 Å². The van der Waals surface area contributed by atoms with Crippen molar-refractivity contribution < 1.29 is 38.1 Å². The SMILES string of the molecule is CCCN1C(=O)c2cc(Oc3ccc(C)cc3)c3c4c(Oc5ccc(C)cc5)cc5c6c(cc(Oc7ccc(C)cc7)c(c7c(Oc8ccc(C)cc8)cc(c2c37)C1=O)c64)C(=O)N(CCC)C5=O. The summed E-state index contributed by atoms with van der Waals surface area (Å²) in [5.74, 6) is 1.30. The fraction of sp³-hybridized carbons (Fsp3) is 0.172. The van der Waals surface area contributed by atoms with Gasteiger partial charge in [-0.05, 0) is 113 Å². The first-order valence-electron chi connectivity index (χ1n) is 23.0. The number of hydrogen-bond donors (Lipinski definition) is 0. The van der Waals surface area contributed by atoms with Gasteiger partial charge in [0, 0.05) is 56.2 Å². The summed E-state index contributed by atoms with van der Waals surface area (Å²) in [6.45, 7) is 12.2. The Labute approximate surface area is 392 Å². The van der Waals surface area contributed by atoms with Crippen LogP contribution in [0.2, 0.25) is 0 Å². The van der Waals surface area contributed by atoms with Crippen molar-refractivity contribution in [1.29, 1.82) is 0 Å². The Hall–Kier alpha value is -8.24. The van der Waals surface area contributed by atoms with E-state index in [9.17, 15) is 19.2 Å². The number of carbonyl (C=O) groups is 4. The van der Waals surface area contributed by atoms with Gasteiger partial charge in [0.2, 0.25) is 0 Å². The van der Waals surface area contributed by atoms with Crippen molar-refractivity contribution in [3.8, 4) is 46.0 Å². The zero-order chi connectivity index (χ0) is 47.1. The molecule has 0 aliphatic carbocycles. The molecule has 10 heteroatoms. The number of ether oxygens (including phenoxy) is 4. The lowest BCUT2D eigenvalue weighted by Crippen LogP contribution is -2.41. The molecule has 0 radical (unpaired) electrons. The third kappa shape index (κ3) is 6.77. The van der Waals surface area contributed by atoms with Crippen LogP contribution in [-0.4, -0.2) is 46.5 Å². The van der Waals surface area contributed by atoms with E-state index in [2.05, 4.69) is 0 Å². The minimum absolute atomic E-state index is 0.193. The molecule has 11 rings (SSSR count). The summed E-state index contributed by atoms with van der Waals surface area (Å²) in [6, 6.07) is 37.2. The third-order valence-electron chi connectivity index (χ3n) is 13.0. The highest BCUT2D eigenvalue weighted by atomic mass is 16.5. The minimum atomic E-state index is -0.460. The van der Waals surface area contributed by atoms with Gasteiger partial charge in [-0.1, -0.05) is 84.6 Å². The highest BCUT2D eigenvalue weighted by molar-refractivity contribution is 6.44. The van der Waals surface area contributed by atoms with Gasteiger partial charge in [0.25, 0.3) is 23.6 Å². The van der Waals surface area contributed by atoms with Crippen molar-refractivity contribution in [2.45, 2.75) is 54.4 Å². The van der Waals surface area contributed by atoms with Crippen LogP contribution < -0.4 is 18.9 Å². The molecule has 68 heavy (non-hydrogen) atoms. The van der Waals surface area contributed by atoms with Crippen LogP contribution in [0.4, 0.5) is 0 Å². The van der Waals surface area contributed by atoms with Crippen LogP contribution in [-0.2, 0) is 0 Å². The molecule has 0 N–H and O–H groups in total. The van der Waals surface area contributed by atoms with E-state index in [1.165, 1.54) is 9.80 Å². The van der Waals surface area contributed by atoms with Gasteiger partial charge in [0.15, 0.2) is 0 Å². The Morgan fingerprint density at radius 3 is 0.750 bits per heavy atom. The zero-order valence-corrected chi connectivity index (χ0v) is 38.5. The highest BCUT2D eigenvalue weighted by Crippen LogP contribution is 2.58. The molecule has 0 spiro atoms. The van der Waals surface area contributed by atoms with Crippen LogP contribution in [0, 0.1) is 27.7 Å². The maximum absolute atomic E-state index is 14.9. The monoisotopic (exact) mass is 898 g/mol. The normalized spacial score (nSPS) is 13.4. The Bertz CT molecular complexity index is 3120. The van der Waals surface area contributed by atoms with E-state index in [1.807, 2.05) is 139 Å². The predicted molar refractivity (Wildman–Crippen MR) is 264 cm³/mol. The Morgan fingerprint density at radius 2 is 0.544 bits per heavy atom. The molecule has 10 nitrogen and oxygen atoms in total. The molecule has 4 amide bonds. The molecular formula is C58H46N2O8. The van der Waals surface area contributed by atoms with Crippen molar-refractivity contribution in [2.24, 2.45) is 0 Å². The second kappa shape index (κ2) is 16.3. The van der Waals surface area contributed by atoms with Gasteiger partial charge in [-0.3, -0.25) is 29.0 Å². The third-order valence-corrected chi connectivity index (χ3v) is 13.0. The molecule has 9 aromatic rings. The average Bonchev–Trinajstić information content (AvgIpc) is 3.33. The first-order valence-corrected chi connectivity index (χ1v) is 23.0. The van der Waals surface area contributed by atoms with Crippen molar-refractivity contribution in [3.05, 3.63) is 166 Å². The molecule has 0 aromatic heterocycles. The van der Waals surface area contributed by atoms with Crippen molar-refractivity contribution in [2.75, 3.05) is 13.1 Å². The van der Waals surface area contributed by atoms with Crippen LogP contribution >= 0.6 is 0 Å². The van der Waals surface area contributed by atoms with E-state index in [0.29, 0.717) is 78.9 Å². The number of rotatable bonds is 12. The number of imide groups is 2. The molecule has 336 valence electrons. The zero-order valence-electron chi connectivity index (χ0n) is 38.5. The molecule has 0 fully saturated rings. The Balaban J connectivity index is 1.40. The lowest BCUT2D eigenvalue weighted by atomic mass is 9.80. The summed E-state index contributed by atoms with van der Waals surface area (Å²) in [7, 11) is 0. The van der Waals surface area contributed by atoms with E-state index in [4.69, 9.17) is 18.9 Å². The molecule has 2 aliphatic heterocycles. The van der Waals surface area contributed by atoms with Gasteiger partial charge in [-0.2, -0.15) is 0 Å². The second-order valence-electron chi connectivity index (χ2n) is 17.9. The number of fused-ring (bicyclic) bond motifs is 2. The molecule has 2 heterocycles. The summed E-state index contributed by atoms with van der Waals surface area (Å²) in [6.07, 6.45) is 1.08. The standard InChI is InChI=1S/C58H46N2O8/c1-7-25-59-55(61)39-27-43(65-35-17-9-31(3)10-18-35)49-51-45(67-37-21-13-33(5)14-22-37)29-41-48-42(58(64)60(26-8-2)57(41)63)30-46(68-38-23-15-34(6)16-24-38)52(54(48)51)50-44(66-36-19-11-32(4)12-20-36)28-40(56(59)62)47(39)53(49)50/h9-24,27-30H,7-8,25-26H2,1-6H3. The fourth-order valence-corrected chi connectivity index (χ4v) is 9.72. The van der Waals surface area contributed by atoms with Gasteiger partial charge in [-0.25, -0.2) is 0 Å². The molecule has 0 bridgehead atoms. The van der Waals surface area contributed by atoms with Crippen LogP contribution in [0.15, 0.2) is 121 Å². The van der Waals surface area contributed by atoms with Crippen LogP contribution in [0.3, 0.4) is 0 Å². The predicted octanol–water partition coefficient (Wildman–Crippen LogP) is 14.2. The number of benzene rings is 9.